The Kier molecular flexibility index (Phi) is 6.32. The highest BCUT2D eigenvalue weighted by Crippen LogP contribution is 2.18. The summed E-state index contributed by atoms with van der Waals surface area (Å²) in [5.41, 5.74) is 1.03. The number of benzene rings is 1. The summed E-state index contributed by atoms with van der Waals surface area (Å²) >= 11 is 6.94. The Hall–Kier alpha value is -0.780. The van der Waals surface area contributed by atoms with Gasteiger partial charge in [-0.2, -0.15) is 0 Å². The van der Waals surface area contributed by atoms with Crippen LogP contribution >= 0.6 is 24.0 Å². The third kappa shape index (κ3) is 5.91. The molecule has 5 heteroatoms. The van der Waals surface area contributed by atoms with Gasteiger partial charge in [0.1, 0.15) is 0 Å². The van der Waals surface area contributed by atoms with Crippen LogP contribution in [0, 0.1) is 0 Å². The van der Waals surface area contributed by atoms with Gasteiger partial charge in [0.05, 0.1) is 0 Å². The van der Waals surface area contributed by atoms with Crippen molar-refractivity contribution in [2.24, 2.45) is 0 Å². The molecule has 0 bridgehead atoms. The molecule has 0 spiro atoms. The molecule has 0 radical (unpaired) electrons. The number of rotatable bonds is 5. The van der Waals surface area contributed by atoms with Crippen molar-refractivity contribution in [1.82, 2.24) is 10.2 Å². The van der Waals surface area contributed by atoms with Gasteiger partial charge in [-0.05, 0) is 50.8 Å². The monoisotopic (exact) mass is 269 g/mol. The summed E-state index contributed by atoms with van der Waals surface area (Å²) in [6, 6.07) is 8.21. The topological polar surface area (TPSA) is 27.3 Å². The number of thioether (sulfide) groups is 1. The molecule has 0 aliphatic carbocycles. The van der Waals surface area contributed by atoms with E-state index in [-0.39, 0.29) is 0 Å². The number of hydrogen-bond acceptors (Lipinski definition) is 3. The molecule has 0 heterocycles. The zero-order chi connectivity index (χ0) is 12.7. The summed E-state index contributed by atoms with van der Waals surface area (Å²) in [6.45, 7) is 1.81. The molecule has 94 valence electrons. The van der Waals surface area contributed by atoms with Crippen LogP contribution in [0.5, 0.6) is 0 Å². The SMILES string of the molecule is CSc1cccc(NC(=S)NCCN(C)C)c1. The molecule has 1 rings (SSSR count). The highest BCUT2D eigenvalue weighted by molar-refractivity contribution is 7.98. The predicted octanol–water partition coefficient (Wildman–Crippen LogP) is 2.26. The van der Waals surface area contributed by atoms with Crippen LogP contribution in [0.1, 0.15) is 0 Å². The second kappa shape index (κ2) is 7.53. The van der Waals surface area contributed by atoms with Crippen LogP contribution in [0.25, 0.3) is 0 Å². The number of anilines is 1. The lowest BCUT2D eigenvalue weighted by molar-refractivity contribution is 0.413. The molecule has 1 aromatic carbocycles. The van der Waals surface area contributed by atoms with Gasteiger partial charge in [0.15, 0.2) is 5.11 Å². The Morgan fingerprint density at radius 2 is 2.18 bits per heavy atom. The van der Waals surface area contributed by atoms with Crippen molar-refractivity contribution in [2.45, 2.75) is 4.90 Å². The molecule has 0 fully saturated rings. The minimum absolute atomic E-state index is 0.671. The van der Waals surface area contributed by atoms with Gasteiger partial charge in [-0.15, -0.1) is 11.8 Å². The second-order valence-corrected chi connectivity index (χ2v) is 5.20. The van der Waals surface area contributed by atoms with E-state index in [9.17, 15) is 0 Å². The van der Waals surface area contributed by atoms with E-state index in [1.807, 2.05) is 26.2 Å². The van der Waals surface area contributed by atoms with Crippen molar-refractivity contribution >= 4 is 34.8 Å². The van der Waals surface area contributed by atoms with Crippen LogP contribution in [0.15, 0.2) is 29.2 Å². The van der Waals surface area contributed by atoms with Gasteiger partial charge in [0.2, 0.25) is 0 Å². The van der Waals surface area contributed by atoms with Gasteiger partial charge >= 0.3 is 0 Å². The lowest BCUT2D eigenvalue weighted by Gasteiger charge is -2.13. The Morgan fingerprint density at radius 1 is 1.41 bits per heavy atom. The standard InChI is InChI=1S/C12H19N3S2/c1-15(2)8-7-13-12(16)14-10-5-4-6-11(9-10)17-3/h4-6,9H,7-8H2,1-3H3,(H2,13,14,16). The van der Waals surface area contributed by atoms with Crippen molar-refractivity contribution in [2.75, 3.05) is 38.8 Å². The molecule has 2 N–H and O–H groups in total. The first-order valence-corrected chi connectivity index (χ1v) is 7.09. The fourth-order valence-corrected chi connectivity index (χ4v) is 1.95. The van der Waals surface area contributed by atoms with Crippen LogP contribution in [-0.4, -0.2) is 43.5 Å². The number of nitrogens with one attached hydrogen (secondary N) is 2. The number of nitrogens with zero attached hydrogens (tertiary/aromatic N) is 1. The van der Waals surface area contributed by atoms with Gasteiger partial charge in [-0.1, -0.05) is 6.07 Å². The summed E-state index contributed by atoms with van der Waals surface area (Å²) in [7, 11) is 4.08. The molecular formula is C12H19N3S2. The Labute approximate surface area is 113 Å². The third-order valence-corrected chi connectivity index (χ3v) is 3.14. The lowest BCUT2D eigenvalue weighted by atomic mass is 10.3. The maximum Gasteiger partial charge on any atom is 0.170 e. The second-order valence-electron chi connectivity index (χ2n) is 3.92. The van der Waals surface area contributed by atoms with Crippen LogP contribution in [0.3, 0.4) is 0 Å². The van der Waals surface area contributed by atoms with E-state index in [4.69, 9.17) is 12.2 Å². The van der Waals surface area contributed by atoms with Gasteiger partial charge in [-0.3, -0.25) is 0 Å². The van der Waals surface area contributed by atoms with E-state index in [0.29, 0.717) is 5.11 Å². The van der Waals surface area contributed by atoms with Gasteiger partial charge in [-0.25, -0.2) is 0 Å². The molecule has 0 unspecified atom stereocenters. The van der Waals surface area contributed by atoms with Gasteiger partial charge in [0, 0.05) is 23.7 Å². The van der Waals surface area contributed by atoms with E-state index < -0.39 is 0 Å². The molecule has 0 aliphatic heterocycles. The highest BCUT2D eigenvalue weighted by Gasteiger charge is 1.98. The number of likely N-dealkylation sites (N-methyl/N-ethyl adjacent to an activating group) is 1. The van der Waals surface area contributed by atoms with Crippen LogP contribution in [-0.2, 0) is 0 Å². The molecule has 0 aromatic heterocycles. The van der Waals surface area contributed by atoms with Crippen molar-refractivity contribution < 1.29 is 0 Å². The quantitative estimate of drug-likeness (QED) is 0.632. The normalized spacial score (nSPS) is 10.4. The van der Waals surface area contributed by atoms with E-state index >= 15 is 0 Å². The fraction of sp³-hybridized carbons (Fsp3) is 0.417. The summed E-state index contributed by atoms with van der Waals surface area (Å²) in [5.74, 6) is 0. The zero-order valence-electron chi connectivity index (χ0n) is 10.5. The minimum atomic E-state index is 0.671. The maximum atomic E-state index is 5.22. The number of hydrogen-bond donors (Lipinski definition) is 2. The van der Waals surface area contributed by atoms with Crippen molar-refractivity contribution in [3.05, 3.63) is 24.3 Å². The predicted molar refractivity (Wildman–Crippen MR) is 81.0 cm³/mol. The van der Waals surface area contributed by atoms with Crippen molar-refractivity contribution in [3.8, 4) is 0 Å². The molecule has 0 saturated heterocycles. The molecule has 0 aliphatic rings. The van der Waals surface area contributed by atoms with Crippen LogP contribution < -0.4 is 10.6 Å². The van der Waals surface area contributed by atoms with E-state index in [1.54, 1.807) is 11.8 Å². The maximum absolute atomic E-state index is 5.22. The lowest BCUT2D eigenvalue weighted by Crippen LogP contribution is -2.34. The number of thiocarbonyl (C=S) groups is 1. The average molecular weight is 269 g/mol. The average Bonchev–Trinajstić information content (AvgIpc) is 2.28. The molecule has 1 aromatic rings. The summed E-state index contributed by atoms with van der Waals surface area (Å²) in [4.78, 5) is 3.34. The van der Waals surface area contributed by atoms with Gasteiger partial charge in [0.25, 0.3) is 0 Å². The van der Waals surface area contributed by atoms with Crippen molar-refractivity contribution in [1.29, 1.82) is 0 Å². The van der Waals surface area contributed by atoms with Crippen LogP contribution in [0.4, 0.5) is 5.69 Å². The summed E-state index contributed by atoms with van der Waals surface area (Å²) in [6.07, 6.45) is 2.06. The molecule has 0 saturated carbocycles. The summed E-state index contributed by atoms with van der Waals surface area (Å²) < 4.78 is 0. The molecule has 0 atom stereocenters. The minimum Gasteiger partial charge on any atom is -0.361 e. The molecule has 17 heavy (non-hydrogen) atoms. The Balaban J connectivity index is 2.39. The van der Waals surface area contributed by atoms with Crippen LogP contribution in [0.2, 0.25) is 0 Å². The highest BCUT2D eigenvalue weighted by atomic mass is 32.2. The van der Waals surface area contributed by atoms with E-state index in [0.717, 1.165) is 18.8 Å². The first-order chi connectivity index (χ1) is 8.11. The fourth-order valence-electron chi connectivity index (χ4n) is 1.27. The first-order valence-electron chi connectivity index (χ1n) is 5.45. The third-order valence-electron chi connectivity index (χ3n) is 2.17. The first kappa shape index (κ1) is 14.3. The molecule has 0 amide bonds. The Morgan fingerprint density at radius 3 is 2.82 bits per heavy atom. The largest absolute Gasteiger partial charge is 0.361 e. The van der Waals surface area contributed by atoms with Gasteiger partial charge < -0.3 is 15.5 Å². The van der Waals surface area contributed by atoms with E-state index in [2.05, 4.69) is 33.9 Å². The van der Waals surface area contributed by atoms with Crippen molar-refractivity contribution in [3.63, 3.8) is 0 Å². The van der Waals surface area contributed by atoms with E-state index in [1.165, 1.54) is 4.90 Å². The molecular weight excluding hydrogens is 250 g/mol. The zero-order valence-corrected chi connectivity index (χ0v) is 12.1. The molecule has 3 nitrogen and oxygen atoms in total. The summed E-state index contributed by atoms with van der Waals surface area (Å²) in [5, 5.41) is 7.02. The smallest absolute Gasteiger partial charge is 0.170 e. The Bertz CT molecular complexity index is 367.